The van der Waals surface area contributed by atoms with Crippen molar-refractivity contribution in [2.75, 3.05) is 40.9 Å². The van der Waals surface area contributed by atoms with E-state index in [4.69, 9.17) is 9.05 Å². The summed E-state index contributed by atoms with van der Waals surface area (Å²) in [7, 11) is 1.53. The fourth-order valence-electron chi connectivity index (χ4n) is 7.65. The van der Waals surface area contributed by atoms with Gasteiger partial charge in [0, 0.05) is 6.42 Å². The fraction of sp³-hybridized carbons (Fsp3) is 0.717. The van der Waals surface area contributed by atoms with Gasteiger partial charge in [-0.2, -0.15) is 0 Å². The molecule has 0 aromatic rings. The van der Waals surface area contributed by atoms with Crippen LogP contribution in [0.3, 0.4) is 0 Å². The van der Waals surface area contributed by atoms with Gasteiger partial charge in [0.25, 0.3) is 0 Å². The van der Waals surface area contributed by atoms with Crippen molar-refractivity contribution in [3.8, 4) is 0 Å². The van der Waals surface area contributed by atoms with Crippen LogP contribution in [-0.2, 0) is 18.4 Å². The molecule has 0 aliphatic carbocycles. The molecule has 0 spiro atoms. The Bertz CT molecular complexity index is 1440. The molecule has 0 saturated heterocycles. The molecular formula is C60H108N2O6P+. The van der Waals surface area contributed by atoms with E-state index in [0.717, 1.165) is 89.9 Å². The summed E-state index contributed by atoms with van der Waals surface area (Å²) in [5.74, 6) is -0.204. The van der Waals surface area contributed by atoms with Gasteiger partial charge in [0.2, 0.25) is 5.91 Å². The predicted molar refractivity (Wildman–Crippen MR) is 299 cm³/mol. The molecule has 3 N–H and O–H groups in total. The van der Waals surface area contributed by atoms with Gasteiger partial charge in [-0.25, -0.2) is 4.57 Å². The number of nitrogens with zero attached hydrogens (tertiary/aromatic N) is 1. The monoisotopic (exact) mass is 984 g/mol. The molecular weight excluding hydrogens is 876 g/mol. The molecule has 0 aromatic carbocycles. The third-order valence-electron chi connectivity index (χ3n) is 12.0. The Morgan fingerprint density at radius 3 is 1.33 bits per heavy atom. The predicted octanol–water partition coefficient (Wildman–Crippen LogP) is 17.0. The Balaban J connectivity index is 4.35. The van der Waals surface area contributed by atoms with Crippen molar-refractivity contribution in [1.29, 1.82) is 0 Å². The fourth-order valence-corrected chi connectivity index (χ4v) is 8.38. The first kappa shape index (κ1) is 66.4. The standard InChI is InChI=1S/C60H107N2O6P/c1-6-8-10-12-14-16-18-20-22-24-26-28-30-31-32-34-36-38-40-42-44-46-48-50-52-54-60(64)61-58(57-68-69(65,66)67-56-55-62(3,4)5)59(63)53-51-49-47-45-43-41-39-37-35-33-29-27-25-23-21-19-17-15-13-11-9-7-2/h8,10,14,16,20,22,26,28,31-32,36,38,43,45,51,53,58-59,63H,6-7,9,11-13,15,17-19,21,23-25,27,29-30,33-35,37,39-42,44,46-50,52,54-57H2,1-5H3,(H-,61,64,65,66)/p+1/b10-8-,16-14-,22-20-,28-26-,32-31-,38-36-,45-43+,53-51+. The summed E-state index contributed by atoms with van der Waals surface area (Å²) in [6.45, 7) is 4.67. The molecule has 0 heterocycles. The maximum atomic E-state index is 13.0. The number of unbranched alkanes of at least 4 members (excludes halogenated alkanes) is 23. The SMILES string of the molecule is CC/C=C\C/C=C\C/C=C\C/C=C\C/C=C\C/C=C\CCCCCCCCC(=O)NC(COP(=O)(O)OCC[N+](C)(C)C)C(O)/C=C/CC/C=C/CCCCCCCCCCCCCCCCCC. The Kier molecular flexibility index (Phi) is 48.5. The Morgan fingerprint density at radius 1 is 0.507 bits per heavy atom. The van der Waals surface area contributed by atoms with Crippen LogP contribution in [0, 0.1) is 0 Å². The number of allylic oxidation sites excluding steroid dienone is 15. The second-order valence-electron chi connectivity index (χ2n) is 19.9. The van der Waals surface area contributed by atoms with Crippen molar-refractivity contribution in [2.24, 2.45) is 0 Å². The van der Waals surface area contributed by atoms with Gasteiger partial charge >= 0.3 is 7.82 Å². The van der Waals surface area contributed by atoms with Crippen LogP contribution in [0.2, 0.25) is 0 Å². The number of quaternary nitrogens is 1. The number of carbonyl (C=O) groups excluding carboxylic acids is 1. The van der Waals surface area contributed by atoms with Crippen molar-refractivity contribution in [3.05, 3.63) is 97.2 Å². The summed E-state index contributed by atoms with van der Waals surface area (Å²) >= 11 is 0. The zero-order valence-corrected chi connectivity index (χ0v) is 46.2. The highest BCUT2D eigenvalue weighted by atomic mass is 31.2. The molecule has 0 saturated carbocycles. The summed E-state index contributed by atoms with van der Waals surface area (Å²) in [5.41, 5.74) is 0. The van der Waals surface area contributed by atoms with E-state index in [0.29, 0.717) is 17.4 Å². The van der Waals surface area contributed by atoms with Gasteiger partial charge in [-0.1, -0.05) is 233 Å². The van der Waals surface area contributed by atoms with Gasteiger partial charge in [0.15, 0.2) is 0 Å². The molecule has 0 aliphatic heterocycles. The number of hydrogen-bond acceptors (Lipinski definition) is 5. The minimum Gasteiger partial charge on any atom is -0.387 e. The number of aliphatic hydroxyl groups excluding tert-OH is 1. The highest BCUT2D eigenvalue weighted by Crippen LogP contribution is 2.43. The maximum absolute atomic E-state index is 13.0. The van der Waals surface area contributed by atoms with Crippen LogP contribution in [0.1, 0.15) is 226 Å². The second-order valence-corrected chi connectivity index (χ2v) is 21.4. The van der Waals surface area contributed by atoms with Crippen LogP contribution in [0.4, 0.5) is 0 Å². The molecule has 0 radical (unpaired) electrons. The Hall–Kier alpha value is -2.58. The van der Waals surface area contributed by atoms with E-state index in [2.05, 4.69) is 104 Å². The molecule has 3 atom stereocenters. The third-order valence-corrected chi connectivity index (χ3v) is 13.0. The van der Waals surface area contributed by atoms with Gasteiger partial charge < -0.3 is 19.8 Å². The molecule has 0 fully saturated rings. The zero-order chi connectivity index (χ0) is 50.6. The van der Waals surface area contributed by atoms with E-state index in [1.54, 1.807) is 6.08 Å². The Morgan fingerprint density at radius 2 is 0.884 bits per heavy atom. The summed E-state index contributed by atoms with van der Waals surface area (Å²) in [6, 6.07) is -0.879. The van der Waals surface area contributed by atoms with Gasteiger partial charge in [-0.15, -0.1) is 0 Å². The number of carbonyl (C=O) groups is 1. The van der Waals surface area contributed by atoms with Crippen LogP contribution >= 0.6 is 7.82 Å². The molecule has 3 unspecified atom stereocenters. The number of amides is 1. The third kappa shape index (κ3) is 53.1. The molecule has 0 aliphatic rings. The average Bonchev–Trinajstić information content (AvgIpc) is 3.31. The van der Waals surface area contributed by atoms with Crippen LogP contribution in [0.5, 0.6) is 0 Å². The van der Waals surface area contributed by atoms with Gasteiger partial charge in [0.05, 0.1) is 39.9 Å². The van der Waals surface area contributed by atoms with E-state index >= 15 is 0 Å². The van der Waals surface area contributed by atoms with E-state index in [-0.39, 0.29) is 19.1 Å². The Labute approximate surface area is 426 Å². The lowest BCUT2D eigenvalue weighted by atomic mass is 10.0. The highest BCUT2D eigenvalue weighted by molar-refractivity contribution is 7.47. The maximum Gasteiger partial charge on any atom is 0.472 e. The quantitative estimate of drug-likeness (QED) is 0.0243. The summed E-state index contributed by atoms with van der Waals surface area (Å²) in [4.78, 5) is 23.3. The molecule has 8 nitrogen and oxygen atoms in total. The molecule has 0 rings (SSSR count). The summed E-state index contributed by atoms with van der Waals surface area (Å²) in [6.07, 6.45) is 72.2. The second kappa shape index (κ2) is 50.4. The lowest BCUT2D eigenvalue weighted by Gasteiger charge is -2.25. The molecule has 1 amide bonds. The lowest BCUT2D eigenvalue weighted by Crippen LogP contribution is -2.45. The van der Waals surface area contributed by atoms with Crippen LogP contribution in [0.15, 0.2) is 97.2 Å². The molecule has 398 valence electrons. The smallest absolute Gasteiger partial charge is 0.387 e. The van der Waals surface area contributed by atoms with Crippen molar-refractivity contribution in [1.82, 2.24) is 5.32 Å². The van der Waals surface area contributed by atoms with Crippen LogP contribution in [0.25, 0.3) is 0 Å². The number of aliphatic hydroxyl groups is 1. The van der Waals surface area contributed by atoms with Crippen LogP contribution in [-0.4, -0.2) is 73.4 Å². The van der Waals surface area contributed by atoms with E-state index in [1.807, 2.05) is 27.2 Å². The topological polar surface area (TPSA) is 105 Å². The van der Waals surface area contributed by atoms with Crippen molar-refractivity contribution >= 4 is 13.7 Å². The lowest BCUT2D eigenvalue weighted by molar-refractivity contribution is -0.870. The van der Waals surface area contributed by atoms with Gasteiger partial charge in [-0.05, 0) is 83.5 Å². The molecule has 69 heavy (non-hydrogen) atoms. The largest absolute Gasteiger partial charge is 0.472 e. The van der Waals surface area contributed by atoms with E-state index in [9.17, 15) is 19.4 Å². The first-order valence-electron chi connectivity index (χ1n) is 28.1. The van der Waals surface area contributed by atoms with Crippen molar-refractivity contribution < 1.29 is 32.9 Å². The van der Waals surface area contributed by atoms with Crippen molar-refractivity contribution in [3.63, 3.8) is 0 Å². The summed E-state index contributed by atoms with van der Waals surface area (Å²) in [5, 5.41) is 13.9. The van der Waals surface area contributed by atoms with Gasteiger partial charge in [0.1, 0.15) is 13.2 Å². The number of likely N-dealkylation sites (N-methyl/N-ethyl adjacent to an activating group) is 1. The number of phosphoric ester groups is 1. The minimum atomic E-state index is -4.37. The summed E-state index contributed by atoms with van der Waals surface area (Å²) < 4.78 is 23.7. The van der Waals surface area contributed by atoms with Gasteiger partial charge in [-0.3, -0.25) is 13.8 Å². The first-order chi connectivity index (χ1) is 33.5. The molecule has 0 aromatic heterocycles. The molecule has 0 bridgehead atoms. The number of phosphoric acid groups is 1. The number of nitrogens with one attached hydrogen (secondary N) is 1. The number of rotatable bonds is 50. The average molecular weight is 985 g/mol. The normalized spacial score (nSPS) is 14.7. The highest BCUT2D eigenvalue weighted by Gasteiger charge is 2.27. The van der Waals surface area contributed by atoms with E-state index in [1.165, 1.54) is 116 Å². The number of hydrogen-bond donors (Lipinski definition) is 3. The minimum absolute atomic E-state index is 0.0479. The molecule has 9 heteroatoms. The van der Waals surface area contributed by atoms with Crippen LogP contribution < -0.4 is 5.32 Å². The first-order valence-corrected chi connectivity index (χ1v) is 29.6. The zero-order valence-electron chi connectivity index (χ0n) is 45.3. The van der Waals surface area contributed by atoms with Crippen molar-refractivity contribution in [2.45, 2.75) is 238 Å². The van der Waals surface area contributed by atoms with E-state index < -0.39 is 20.0 Å².